The largest absolute Gasteiger partial charge is 0.298 e. The molecule has 0 saturated heterocycles. The number of hydrogen-bond acceptors (Lipinski definition) is 1. The van der Waals surface area contributed by atoms with Crippen molar-refractivity contribution in [3.8, 4) is 0 Å². The number of benzene rings is 2. The summed E-state index contributed by atoms with van der Waals surface area (Å²) in [5.41, 5.74) is 6.05. The average Bonchev–Trinajstić information content (AvgIpc) is 3.18. The van der Waals surface area contributed by atoms with Crippen LogP contribution in [0.2, 0.25) is 0 Å². The molecule has 0 amide bonds. The zero-order valence-corrected chi connectivity index (χ0v) is 13.9. The fourth-order valence-electron chi connectivity index (χ4n) is 4.30. The van der Waals surface area contributed by atoms with Gasteiger partial charge in [0, 0.05) is 13.1 Å². The van der Waals surface area contributed by atoms with Crippen molar-refractivity contribution in [2.75, 3.05) is 13.6 Å². The Hall–Kier alpha value is -1.86. The molecule has 2 aliphatic carbocycles. The third-order valence-electron chi connectivity index (χ3n) is 5.44. The first-order chi connectivity index (χ1) is 11.3. The Kier molecular flexibility index (Phi) is 4.05. The summed E-state index contributed by atoms with van der Waals surface area (Å²) < 4.78 is 0. The van der Waals surface area contributed by atoms with E-state index in [4.69, 9.17) is 0 Å². The first kappa shape index (κ1) is 14.7. The third kappa shape index (κ3) is 3.11. The van der Waals surface area contributed by atoms with E-state index in [-0.39, 0.29) is 0 Å². The van der Waals surface area contributed by atoms with E-state index >= 15 is 0 Å². The highest BCUT2D eigenvalue weighted by atomic mass is 15.1. The van der Waals surface area contributed by atoms with E-state index < -0.39 is 0 Å². The average molecular weight is 303 g/mol. The van der Waals surface area contributed by atoms with Crippen LogP contribution in [0.25, 0.3) is 6.08 Å². The molecule has 0 spiro atoms. The minimum absolute atomic E-state index is 0.859. The number of fused-ring (bicyclic) bond motifs is 5. The van der Waals surface area contributed by atoms with Crippen molar-refractivity contribution in [3.63, 3.8) is 0 Å². The Morgan fingerprint density at radius 1 is 1.00 bits per heavy atom. The predicted molar refractivity (Wildman–Crippen MR) is 97.6 cm³/mol. The van der Waals surface area contributed by atoms with Crippen molar-refractivity contribution >= 4 is 6.08 Å². The Balaban J connectivity index is 1.37. The Bertz CT molecular complexity index is 701. The van der Waals surface area contributed by atoms with Crippen molar-refractivity contribution in [1.82, 2.24) is 4.90 Å². The molecular weight excluding hydrogens is 278 g/mol. The van der Waals surface area contributed by atoms with Crippen LogP contribution in [-0.4, -0.2) is 18.5 Å². The molecule has 1 nitrogen and oxygen atoms in total. The lowest BCUT2D eigenvalue weighted by Gasteiger charge is -2.19. The van der Waals surface area contributed by atoms with Gasteiger partial charge in [-0.15, -0.1) is 0 Å². The number of nitrogens with zero attached hydrogens (tertiary/aromatic N) is 1. The highest BCUT2D eigenvalue weighted by Crippen LogP contribution is 2.53. The molecule has 2 atom stereocenters. The molecule has 23 heavy (non-hydrogen) atoms. The molecule has 2 aromatic rings. The van der Waals surface area contributed by atoms with E-state index in [0.29, 0.717) is 0 Å². The standard InChI is InChI=1S/C22H25N/c1-23(13-5-8-17-6-3-2-4-7-17)16-18-9-12-21-19-10-11-20(15-19)22(21)14-18/h2-9,12,14,19-20H,10-11,13,15-16H2,1H3/b8-5+. The molecule has 2 unspecified atom stereocenters. The summed E-state index contributed by atoms with van der Waals surface area (Å²) in [5, 5.41) is 0. The summed E-state index contributed by atoms with van der Waals surface area (Å²) >= 11 is 0. The molecule has 2 aromatic carbocycles. The minimum atomic E-state index is 0.859. The monoisotopic (exact) mass is 303 g/mol. The molecular formula is C22H25N. The molecule has 0 aliphatic heterocycles. The van der Waals surface area contributed by atoms with Gasteiger partial charge in [-0.25, -0.2) is 0 Å². The molecule has 0 N–H and O–H groups in total. The summed E-state index contributed by atoms with van der Waals surface area (Å²) in [4.78, 5) is 2.38. The second kappa shape index (κ2) is 6.33. The van der Waals surface area contributed by atoms with Crippen molar-refractivity contribution < 1.29 is 0 Å². The van der Waals surface area contributed by atoms with Gasteiger partial charge in [0.1, 0.15) is 0 Å². The smallest absolute Gasteiger partial charge is 0.0234 e. The van der Waals surface area contributed by atoms with Gasteiger partial charge in [-0.2, -0.15) is 0 Å². The van der Waals surface area contributed by atoms with Crippen LogP contribution in [0.1, 0.15) is 53.4 Å². The molecule has 0 heterocycles. The SMILES string of the molecule is CN(C/C=C/c1ccccc1)Cc1ccc2c(c1)C1CCC2C1. The summed E-state index contributed by atoms with van der Waals surface area (Å²) in [6.45, 7) is 2.02. The van der Waals surface area contributed by atoms with Crippen molar-refractivity contribution in [2.45, 2.75) is 37.6 Å². The maximum absolute atomic E-state index is 2.48. The number of hydrogen-bond donors (Lipinski definition) is 0. The lowest BCUT2D eigenvalue weighted by molar-refractivity contribution is 0.363. The summed E-state index contributed by atoms with van der Waals surface area (Å²) in [6.07, 6.45) is 8.70. The Labute approximate surface area is 139 Å². The molecule has 2 aliphatic rings. The van der Waals surface area contributed by atoms with Gasteiger partial charge in [-0.3, -0.25) is 4.90 Å². The summed E-state index contributed by atoms with van der Waals surface area (Å²) in [7, 11) is 2.20. The molecule has 2 bridgehead atoms. The Morgan fingerprint density at radius 2 is 1.78 bits per heavy atom. The van der Waals surface area contributed by atoms with Crippen molar-refractivity contribution in [1.29, 1.82) is 0 Å². The van der Waals surface area contributed by atoms with Crippen LogP contribution in [-0.2, 0) is 6.54 Å². The predicted octanol–water partition coefficient (Wildman–Crippen LogP) is 5.20. The number of likely N-dealkylation sites (N-methyl/N-ethyl adjacent to an activating group) is 1. The van der Waals surface area contributed by atoms with Crippen LogP contribution in [0, 0.1) is 0 Å². The van der Waals surface area contributed by atoms with Crippen LogP contribution in [0.4, 0.5) is 0 Å². The van der Waals surface area contributed by atoms with E-state index in [1.54, 1.807) is 11.1 Å². The van der Waals surface area contributed by atoms with E-state index in [1.165, 1.54) is 30.4 Å². The van der Waals surface area contributed by atoms with E-state index in [0.717, 1.165) is 24.9 Å². The van der Waals surface area contributed by atoms with Gasteiger partial charge in [-0.1, -0.05) is 60.7 Å². The third-order valence-corrected chi connectivity index (χ3v) is 5.44. The lowest BCUT2D eigenvalue weighted by Crippen LogP contribution is -2.17. The first-order valence-electron chi connectivity index (χ1n) is 8.82. The van der Waals surface area contributed by atoms with Crippen LogP contribution in [0.5, 0.6) is 0 Å². The summed E-state index contributed by atoms with van der Waals surface area (Å²) in [5.74, 6) is 1.73. The fraction of sp³-hybridized carbons (Fsp3) is 0.364. The highest BCUT2D eigenvalue weighted by Gasteiger charge is 2.36. The topological polar surface area (TPSA) is 3.24 Å². The van der Waals surface area contributed by atoms with Crippen LogP contribution in [0.3, 0.4) is 0 Å². The fourth-order valence-corrected chi connectivity index (χ4v) is 4.30. The lowest BCUT2D eigenvalue weighted by atomic mass is 9.90. The second-order valence-corrected chi connectivity index (χ2v) is 7.18. The molecule has 1 fully saturated rings. The van der Waals surface area contributed by atoms with E-state index in [1.807, 2.05) is 0 Å². The highest BCUT2D eigenvalue weighted by molar-refractivity contribution is 5.48. The van der Waals surface area contributed by atoms with Gasteiger partial charge in [-0.05, 0) is 60.4 Å². The number of rotatable bonds is 5. The van der Waals surface area contributed by atoms with E-state index in [9.17, 15) is 0 Å². The van der Waals surface area contributed by atoms with Crippen LogP contribution in [0.15, 0.2) is 54.6 Å². The van der Waals surface area contributed by atoms with Crippen LogP contribution >= 0.6 is 0 Å². The molecule has 1 saturated carbocycles. The molecule has 0 radical (unpaired) electrons. The molecule has 4 rings (SSSR count). The molecule has 118 valence electrons. The normalized spacial score (nSPS) is 22.2. The molecule has 0 aromatic heterocycles. The van der Waals surface area contributed by atoms with Gasteiger partial charge in [0.25, 0.3) is 0 Å². The van der Waals surface area contributed by atoms with Gasteiger partial charge in [0.2, 0.25) is 0 Å². The van der Waals surface area contributed by atoms with Gasteiger partial charge in [0.05, 0.1) is 0 Å². The van der Waals surface area contributed by atoms with Crippen molar-refractivity contribution in [2.24, 2.45) is 0 Å². The second-order valence-electron chi connectivity index (χ2n) is 7.18. The van der Waals surface area contributed by atoms with Gasteiger partial charge >= 0.3 is 0 Å². The zero-order chi connectivity index (χ0) is 15.6. The Morgan fingerprint density at radius 3 is 2.61 bits per heavy atom. The van der Waals surface area contributed by atoms with Gasteiger partial charge in [0.15, 0.2) is 0 Å². The van der Waals surface area contributed by atoms with E-state index in [2.05, 4.69) is 72.6 Å². The molecule has 1 heteroatoms. The van der Waals surface area contributed by atoms with Crippen LogP contribution < -0.4 is 0 Å². The quantitative estimate of drug-likeness (QED) is 0.734. The maximum Gasteiger partial charge on any atom is 0.0234 e. The minimum Gasteiger partial charge on any atom is -0.298 e. The first-order valence-corrected chi connectivity index (χ1v) is 8.82. The summed E-state index contributed by atoms with van der Waals surface area (Å²) in [6, 6.07) is 17.8. The van der Waals surface area contributed by atoms with Crippen molar-refractivity contribution in [3.05, 3.63) is 76.9 Å². The maximum atomic E-state index is 2.48. The zero-order valence-electron chi connectivity index (χ0n) is 13.9. The van der Waals surface area contributed by atoms with Gasteiger partial charge < -0.3 is 0 Å².